The van der Waals surface area contributed by atoms with Gasteiger partial charge in [-0.25, -0.2) is 13.1 Å². The predicted octanol–water partition coefficient (Wildman–Crippen LogP) is 1.40. The Kier molecular flexibility index (Phi) is 3.78. The van der Waals surface area contributed by atoms with Crippen LogP contribution in [0.2, 0.25) is 0 Å². The second-order valence-corrected chi connectivity index (χ2v) is 6.68. The largest absolute Gasteiger partial charge is 0.318 e. The Morgan fingerprint density at radius 3 is 2.71 bits per heavy atom. The Morgan fingerprint density at radius 1 is 1.24 bits per heavy atom. The Labute approximate surface area is 105 Å². The SMILES string of the molecule is CNCCNS(=O)(=O)c1cc2ccccc2s1. The van der Waals surface area contributed by atoms with E-state index >= 15 is 0 Å². The highest BCUT2D eigenvalue weighted by Crippen LogP contribution is 2.28. The van der Waals surface area contributed by atoms with Crippen molar-refractivity contribution >= 4 is 31.4 Å². The van der Waals surface area contributed by atoms with Crippen molar-refractivity contribution in [1.29, 1.82) is 0 Å². The molecule has 0 saturated carbocycles. The van der Waals surface area contributed by atoms with Crippen LogP contribution in [0.25, 0.3) is 10.1 Å². The van der Waals surface area contributed by atoms with Crippen molar-refractivity contribution in [3.05, 3.63) is 30.3 Å². The minimum absolute atomic E-state index is 0.370. The Hall–Kier alpha value is -0.950. The van der Waals surface area contributed by atoms with Crippen LogP contribution in [0.5, 0.6) is 0 Å². The van der Waals surface area contributed by atoms with E-state index < -0.39 is 10.0 Å². The molecular formula is C11H14N2O2S2. The predicted molar refractivity (Wildman–Crippen MR) is 70.9 cm³/mol. The van der Waals surface area contributed by atoms with Crippen molar-refractivity contribution in [3.63, 3.8) is 0 Å². The number of thiophene rings is 1. The second-order valence-electron chi connectivity index (χ2n) is 3.60. The normalized spacial score (nSPS) is 12.1. The zero-order valence-electron chi connectivity index (χ0n) is 9.43. The van der Waals surface area contributed by atoms with E-state index in [0.717, 1.165) is 10.1 Å². The second kappa shape index (κ2) is 5.14. The summed E-state index contributed by atoms with van der Waals surface area (Å²) in [4.78, 5) is 0. The summed E-state index contributed by atoms with van der Waals surface area (Å²) < 4.78 is 27.8. The maximum absolute atomic E-state index is 11.9. The molecule has 0 aliphatic carbocycles. The molecule has 0 unspecified atom stereocenters. The molecule has 0 radical (unpaired) electrons. The van der Waals surface area contributed by atoms with E-state index in [1.54, 1.807) is 13.1 Å². The van der Waals surface area contributed by atoms with Gasteiger partial charge in [-0.05, 0) is 24.6 Å². The van der Waals surface area contributed by atoms with E-state index in [0.29, 0.717) is 17.3 Å². The molecule has 0 amide bonds. The number of likely N-dealkylation sites (N-methyl/N-ethyl adjacent to an activating group) is 1. The molecule has 92 valence electrons. The zero-order valence-corrected chi connectivity index (χ0v) is 11.1. The van der Waals surface area contributed by atoms with Crippen LogP contribution in [0.15, 0.2) is 34.5 Å². The van der Waals surface area contributed by atoms with Crippen LogP contribution in [0.1, 0.15) is 0 Å². The highest BCUT2D eigenvalue weighted by molar-refractivity contribution is 7.91. The van der Waals surface area contributed by atoms with Crippen LogP contribution in [-0.4, -0.2) is 28.6 Å². The summed E-state index contributed by atoms with van der Waals surface area (Å²) in [6.45, 7) is 1.01. The topological polar surface area (TPSA) is 58.2 Å². The maximum atomic E-state index is 11.9. The third-order valence-corrected chi connectivity index (χ3v) is 5.39. The van der Waals surface area contributed by atoms with Crippen molar-refractivity contribution in [2.24, 2.45) is 0 Å². The number of sulfonamides is 1. The molecule has 0 saturated heterocycles. The van der Waals surface area contributed by atoms with Gasteiger partial charge in [-0.2, -0.15) is 0 Å². The van der Waals surface area contributed by atoms with Gasteiger partial charge in [0.05, 0.1) is 0 Å². The molecule has 4 nitrogen and oxygen atoms in total. The Morgan fingerprint density at radius 2 is 2.00 bits per heavy atom. The fourth-order valence-electron chi connectivity index (χ4n) is 1.47. The van der Waals surface area contributed by atoms with Crippen LogP contribution < -0.4 is 10.0 Å². The van der Waals surface area contributed by atoms with E-state index in [1.165, 1.54) is 11.3 Å². The summed E-state index contributed by atoms with van der Waals surface area (Å²) in [7, 11) is -1.58. The Balaban J connectivity index is 2.26. The number of hydrogen-bond donors (Lipinski definition) is 2. The molecule has 6 heteroatoms. The molecule has 1 aromatic heterocycles. The average molecular weight is 270 g/mol. The molecule has 0 fully saturated rings. The highest BCUT2D eigenvalue weighted by Gasteiger charge is 2.16. The van der Waals surface area contributed by atoms with Crippen LogP contribution >= 0.6 is 11.3 Å². The molecule has 0 aliphatic rings. The molecule has 2 aromatic rings. The number of nitrogens with one attached hydrogen (secondary N) is 2. The fraction of sp³-hybridized carbons (Fsp3) is 0.273. The van der Waals surface area contributed by atoms with Crippen molar-refractivity contribution in [3.8, 4) is 0 Å². The number of benzene rings is 1. The minimum Gasteiger partial charge on any atom is -0.318 e. The van der Waals surface area contributed by atoms with Gasteiger partial charge in [0, 0.05) is 17.8 Å². The van der Waals surface area contributed by atoms with Crippen molar-refractivity contribution in [1.82, 2.24) is 10.0 Å². The molecule has 2 N–H and O–H groups in total. The smallest absolute Gasteiger partial charge is 0.250 e. The van der Waals surface area contributed by atoms with Crippen LogP contribution in [0.3, 0.4) is 0 Å². The van der Waals surface area contributed by atoms with Gasteiger partial charge in [0.1, 0.15) is 4.21 Å². The van der Waals surface area contributed by atoms with Gasteiger partial charge in [0.15, 0.2) is 0 Å². The monoisotopic (exact) mass is 270 g/mol. The van der Waals surface area contributed by atoms with Crippen LogP contribution in [-0.2, 0) is 10.0 Å². The molecule has 0 atom stereocenters. The van der Waals surface area contributed by atoms with Gasteiger partial charge in [-0.15, -0.1) is 11.3 Å². The molecule has 2 rings (SSSR count). The van der Waals surface area contributed by atoms with E-state index in [2.05, 4.69) is 10.0 Å². The first-order chi connectivity index (χ1) is 8.13. The first-order valence-electron chi connectivity index (χ1n) is 5.26. The lowest BCUT2D eigenvalue weighted by Crippen LogP contribution is -2.29. The molecule has 1 heterocycles. The molecule has 1 aromatic carbocycles. The summed E-state index contributed by atoms with van der Waals surface area (Å²) >= 11 is 1.29. The molecular weight excluding hydrogens is 256 g/mol. The van der Waals surface area contributed by atoms with Crippen LogP contribution in [0.4, 0.5) is 0 Å². The summed E-state index contributed by atoms with van der Waals surface area (Å²) in [6, 6.07) is 9.36. The summed E-state index contributed by atoms with van der Waals surface area (Å²) in [6.07, 6.45) is 0. The van der Waals surface area contributed by atoms with Crippen molar-refractivity contribution < 1.29 is 8.42 Å². The summed E-state index contributed by atoms with van der Waals surface area (Å²) in [5.41, 5.74) is 0. The molecule has 0 aliphatic heterocycles. The van der Waals surface area contributed by atoms with Gasteiger partial charge < -0.3 is 5.32 Å². The molecule has 0 bridgehead atoms. The number of fused-ring (bicyclic) bond motifs is 1. The van der Waals surface area contributed by atoms with Gasteiger partial charge >= 0.3 is 0 Å². The molecule has 17 heavy (non-hydrogen) atoms. The van der Waals surface area contributed by atoms with E-state index in [4.69, 9.17) is 0 Å². The standard InChI is InChI=1S/C11H14N2O2S2/c1-12-6-7-13-17(14,15)11-8-9-4-2-3-5-10(9)16-11/h2-5,8,12-13H,6-7H2,1H3. The van der Waals surface area contributed by atoms with Gasteiger partial charge in [0.2, 0.25) is 10.0 Å². The number of hydrogen-bond acceptors (Lipinski definition) is 4. The Bertz CT molecular complexity index is 572. The fourth-order valence-corrected chi connectivity index (χ4v) is 3.95. The first kappa shape index (κ1) is 12.5. The summed E-state index contributed by atoms with van der Waals surface area (Å²) in [5.74, 6) is 0. The maximum Gasteiger partial charge on any atom is 0.250 e. The van der Waals surface area contributed by atoms with Gasteiger partial charge in [-0.3, -0.25) is 0 Å². The lowest BCUT2D eigenvalue weighted by Gasteiger charge is -2.03. The highest BCUT2D eigenvalue weighted by atomic mass is 32.2. The van der Waals surface area contributed by atoms with Crippen LogP contribution in [0, 0.1) is 0 Å². The van der Waals surface area contributed by atoms with Gasteiger partial charge in [-0.1, -0.05) is 18.2 Å². The van der Waals surface area contributed by atoms with E-state index in [9.17, 15) is 8.42 Å². The molecule has 0 spiro atoms. The average Bonchev–Trinajstić information content (AvgIpc) is 2.73. The minimum atomic E-state index is -3.37. The van der Waals surface area contributed by atoms with E-state index in [-0.39, 0.29) is 0 Å². The quantitative estimate of drug-likeness (QED) is 0.807. The number of rotatable bonds is 5. The third kappa shape index (κ3) is 2.84. The summed E-state index contributed by atoms with van der Waals surface area (Å²) in [5, 5.41) is 3.86. The lowest BCUT2D eigenvalue weighted by atomic mass is 10.3. The third-order valence-electron chi connectivity index (χ3n) is 2.33. The first-order valence-corrected chi connectivity index (χ1v) is 7.56. The zero-order chi connectivity index (χ0) is 12.3. The lowest BCUT2D eigenvalue weighted by molar-refractivity contribution is 0.581. The van der Waals surface area contributed by atoms with Gasteiger partial charge in [0.25, 0.3) is 0 Å². The van der Waals surface area contributed by atoms with E-state index in [1.807, 2.05) is 24.3 Å². The van der Waals surface area contributed by atoms with Crippen molar-refractivity contribution in [2.75, 3.05) is 20.1 Å². The van der Waals surface area contributed by atoms with Crippen molar-refractivity contribution in [2.45, 2.75) is 4.21 Å².